The number of rotatable bonds is 40. The summed E-state index contributed by atoms with van der Waals surface area (Å²) in [6, 6.07) is 17.4. The van der Waals surface area contributed by atoms with Gasteiger partial charge >= 0.3 is 166 Å². The molecule has 0 atom stereocenters. The van der Waals surface area contributed by atoms with Crippen molar-refractivity contribution in [2.24, 2.45) is 0 Å². The predicted octanol–water partition coefficient (Wildman–Crippen LogP) is 21.2. The average Bonchev–Trinajstić information content (AvgIpc) is 3.59. The molecule has 0 fully saturated rings. The normalized spacial score (nSPS) is 12.8. The second-order valence-corrected chi connectivity index (χ2v) is 20.4. The molecule has 0 amide bonds. The van der Waals surface area contributed by atoms with Gasteiger partial charge in [0.05, 0.1) is 0 Å². The Bertz CT molecular complexity index is 1420. The van der Waals surface area contributed by atoms with Crippen LogP contribution in [-0.4, -0.2) is 4.70 Å². The molecule has 0 radical (unpaired) electrons. The van der Waals surface area contributed by atoms with E-state index in [0.717, 1.165) is 73.9 Å². The van der Waals surface area contributed by atoms with Crippen LogP contribution in [0.1, 0.15) is 282 Å². The van der Waals surface area contributed by atoms with Crippen LogP contribution in [0.15, 0.2) is 59.7 Å². The van der Waals surface area contributed by atoms with E-state index in [2.05, 4.69) is 90.1 Å². The van der Waals surface area contributed by atoms with E-state index >= 15 is 0 Å². The van der Waals surface area contributed by atoms with Crippen LogP contribution in [0, 0.1) is 0 Å². The molecule has 0 saturated heterocycles. The number of unbranched alkanes of at least 4 members (excludes halogenated alkanes) is 28. The first-order chi connectivity index (χ1) is 31.1. The van der Waals surface area contributed by atoms with E-state index in [-0.39, 0.29) is 0 Å². The summed E-state index contributed by atoms with van der Waals surface area (Å²) in [6.45, 7) is 13.5. The van der Waals surface area contributed by atoms with Gasteiger partial charge in [-0.05, 0) is 73.9 Å². The van der Waals surface area contributed by atoms with Crippen molar-refractivity contribution in [1.82, 2.24) is 0 Å². The fourth-order valence-corrected chi connectivity index (χ4v) is 10.3. The monoisotopic (exact) mass is 909 g/mol. The van der Waals surface area contributed by atoms with E-state index in [1.165, 1.54) is 218 Å². The topological polar surface area (TPSA) is 25.3 Å². The number of hydrogen-bond donors (Lipinski definition) is 0. The molecule has 63 heavy (non-hydrogen) atoms. The molecule has 2 aromatic carbocycles. The third kappa shape index (κ3) is 26.1. The minimum atomic E-state index is 0.981. The van der Waals surface area contributed by atoms with Crippen LogP contribution in [0.2, 0.25) is 10.8 Å². The molecule has 0 aromatic heterocycles. The molecule has 1 aliphatic heterocycles. The Morgan fingerprint density at radius 1 is 0.365 bits per heavy atom. The second-order valence-electron chi connectivity index (χ2n) is 18.9. The predicted molar refractivity (Wildman–Crippen MR) is 278 cm³/mol. The SMILES string of the molecule is CCCCC1=C(c2ccc(CC)cc2)[N+](=[N-])C(c2cccc(CC)c2)=C1CCCC.CCCCCCCCCCCCCCC[CH2][Ni][CH2]CCCCCCCCCCCCCCC. The molecule has 3 rings (SSSR count). The van der Waals surface area contributed by atoms with Gasteiger partial charge in [-0.15, -0.1) is 0 Å². The van der Waals surface area contributed by atoms with Gasteiger partial charge in [-0.3, -0.25) is 0 Å². The van der Waals surface area contributed by atoms with Crippen molar-refractivity contribution in [2.45, 2.75) is 283 Å². The van der Waals surface area contributed by atoms with Gasteiger partial charge in [0, 0.05) is 22.3 Å². The van der Waals surface area contributed by atoms with Crippen molar-refractivity contribution in [1.29, 1.82) is 0 Å². The molecule has 0 bridgehead atoms. The van der Waals surface area contributed by atoms with Gasteiger partial charge in [-0.25, -0.2) is 4.70 Å². The van der Waals surface area contributed by atoms with E-state index in [4.69, 9.17) is 0 Å². The zero-order chi connectivity index (χ0) is 45.4. The van der Waals surface area contributed by atoms with Gasteiger partial charge in [0.15, 0.2) is 0 Å². The minimum Gasteiger partial charge on any atom is -0.0654 e. The Hall–Kier alpha value is -1.99. The molecule has 0 aliphatic carbocycles. The number of allylic oxidation sites excluding steroid dienone is 2. The zero-order valence-electron chi connectivity index (χ0n) is 42.7. The van der Waals surface area contributed by atoms with Crippen LogP contribution in [-0.2, 0) is 27.3 Å². The maximum atomic E-state index is 11.5. The summed E-state index contributed by atoms with van der Waals surface area (Å²) in [5, 5.41) is 2.87. The van der Waals surface area contributed by atoms with E-state index in [1.54, 1.807) is 0 Å². The Labute approximate surface area is 399 Å². The third-order valence-corrected chi connectivity index (χ3v) is 14.7. The molecule has 1 heterocycles. The van der Waals surface area contributed by atoms with Crippen molar-refractivity contribution in [2.75, 3.05) is 0 Å². The van der Waals surface area contributed by atoms with Crippen molar-refractivity contribution < 1.29 is 19.1 Å². The van der Waals surface area contributed by atoms with Gasteiger partial charge in [0.1, 0.15) is 0 Å². The van der Waals surface area contributed by atoms with E-state index in [0.29, 0.717) is 0 Å². The van der Waals surface area contributed by atoms with E-state index in [1.807, 2.05) is 14.4 Å². The van der Waals surface area contributed by atoms with Crippen LogP contribution in [0.5, 0.6) is 0 Å². The summed E-state index contributed by atoms with van der Waals surface area (Å²) in [6.07, 6.45) is 49.8. The first-order valence-corrected chi connectivity index (χ1v) is 29.0. The Morgan fingerprint density at radius 2 is 0.714 bits per heavy atom. The smallest absolute Gasteiger partial charge is 0.0654 e. The molecular weight excluding hydrogens is 807 g/mol. The standard InChI is InChI=1S/C28H36N2.2C16H33.Ni/c1-5-9-14-25-26(15-10-6-2)28(24-13-11-12-22(8-4)20-24)30(29)27(25)23-18-16-21(7-3)17-19-23;2*1-3-5-7-9-11-13-15-16-14-12-10-8-6-4-2;/h11-13,16-20H,5-10,14-15H2,1-4H3;2*1,3-16H2,2H3;. The van der Waals surface area contributed by atoms with Gasteiger partial charge in [0.25, 0.3) is 0 Å². The fourth-order valence-electron chi connectivity index (χ4n) is 9.11. The molecule has 0 N–H and O–H groups in total. The summed E-state index contributed by atoms with van der Waals surface area (Å²) >= 11 is 2.04. The average molecular weight is 910 g/mol. The van der Waals surface area contributed by atoms with Crippen molar-refractivity contribution in [3.05, 3.63) is 87.5 Å². The molecule has 1 aliphatic rings. The molecule has 3 heteroatoms. The summed E-state index contributed by atoms with van der Waals surface area (Å²) < 4.78 is 1.49. The molecule has 0 spiro atoms. The van der Waals surface area contributed by atoms with Crippen molar-refractivity contribution in [3.8, 4) is 0 Å². The number of nitrogens with zero attached hydrogens (tertiary/aromatic N) is 2. The van der Waals surface area contributed by atoms with E-state index in [9.17, 15) is 5.53 Å². The van der Waals surface area contributed by atoms with Gasteiger partial charge in [-0.2, -0.15) is 0 Å². The first-order valence-electron chi connectivity index (χ1n) is 27.6. The minimum absolute atomic E-state index is 0.981. The second kappa shape index (κ2) is 40.3. The Balaban J connectivity index is 0.000000434. The van der Waals surface area contributed by atoms with Crippen LogP contribution in [0.4, 0.5) is 0 Å². The summed E-state index contributed by atoms with van der Waals surface area (Å²) in [5.74, 6) is 0. The molecule has 0 unspecified atom stereocenters. The third-order valence-electron chi connectivity index (χ3n) is 13.3. The molecule has 2 aromatic rings. The molecular formula is C60H102N2Ni. The summed E-state index contributed by atoms with van der Waals surface area (Å²) in [7, 11) is 0. The quantitative estimate of drug-likeness (QED) is 0.0362. The van der Waals surface area contributed by atoms with Crippen molar-refractivity contribution >= 4 is 11.4 Å². The maximum absolute atomic E-state index is 11.5. The number of benzene rings is 2. The Kier molecular flexibility index (Phi) is 36.6. The number of hydrogen-bond acceptors (Lipinski definition) is 0. The number of aryl methyl sites for hydroxylation is 2. The molecule has 2 nitrogen and oxygen atoms in total. The fraction of sp³-hybridized carbons (Fsp3) is 0.733. The molecule has 0 saturated carbocycles. The summed E-state index contributed by atoms with van der Waals surface area (Å²) in [4.78, 5) is 0. The van der Waals surface area contributed by atoms with Crippen LogP contribution >= 0.6 is 0 Å². The first kappa shape index (κ1) is 57.1. The van der Waals surface area contributed by atoms with Crippen LogP contribution in [0.3, 0.4) is 0 Å². The zero-order valence-corrected chi connectivity index (χ0v) is 43.7. The molecule has 362 valence electrons. The summed E-state index contributed by atoms with van der Waals surface area (Å²) in [5.41, 5.74) is 21.0. The van der Waals surface area contributed by atoms with Crippen molar-refractivity contribution in [3.63, 3.8) is 0 Å². The van der Waals surface area contributed by atoms with Gasteiger partial charge in [-0.1, -0.05) is 117 Å². The van der Waals surface area contributed by atoms with Crippen LogP contribution < -0.4 is 0 Å². The van der Waals surface area contributed by atoms with Gasteiger partial charge in [0.2, 0.25) is 11.4 Å². The van der Waals surface area contributed by atoms with Crippen LogP contribution in [0.25, 0.3) is 16.9 Å². The Morgan fingerprint density at radius 3 is 1.08 bits per heavy atom. The van der Waals surface area contributed by atoms with Gasteiger partial charge < -0.3 is 5.53 Å². The van der Waals surface area contributed by atoms with E-state index < -0.39 is 0 Å².